The first-order valence-electron chi connectivity index (χ1n) is 11.3. The minimum absolute atomic E-state index is 0.219. The zero-order chi connectivity index (χ0) is 22.9. The molecule has 4 aromatic heterocycles. The van der Waals surface area contributed by atoms with Crippen LogP contribution in [0.25, 0.3) is 27.8 Å². The second-order valence-electron chi connectivity index (χ2n) is 8.28. The van der Waals surface area contributed by atoms with Gasteiger partial charge in [0.05, 0.1) is 30.6 Å². The van der Waals surface area contributed by atoms with Gasteiger partial charge < -0.3 is 14.8 Å². The molecule has 1 aromatic carbocycles. The lowest BCUT2D eigenvalue weighted by Gasteiger charge is -2.22. The second kappa shape index (κ2) is 8.71. The molecule has 0 atom stereocenters. The van der Waals surface area contributed by atoms with Gasteiger partial charge in [-0.25, -0.2) is 0 Å². The van der Waals surface area contributed by atoms with E-state index in [0.717, 1.165) is 53.8 Å². The number of benzene rings is 1. The third-order valence-electron chi connectivity index (χ3n) is 6.17. The standard InChI is InChI=1S/C24H24N8O2/c1-33-18-2-3-19-21(12-18)26-11-8-22(19)34-15-24-29-28-23-5-4-20(30-32(23)24)16-13-27-31(14-16)17-6-9-25-10-7-17/h2-5,8,11-14,17,25H,6-7,9-10,15H2,1H3. The van der Waals surface area contributed by atoms with Crippen molar-refractivity contribution in [1.29, 1.82) is 0 Å². The highest BCUT2D eigenvalue weighted by Crippen LogP contribution is 2.28. The maximum absolute atomic E-state index is 6.11. The Bertz CT molecular complexity index is 1450. The molecule has 172 valence electrons. The first-order valence-corrected chi connectivity index (χ1v) is 11.3. The zero-order valence-corrected chi connectivity index (χ0v) is 18.8. The van der Waals surface area contributed by atoms with Gasteiger partial charge in [0.25, 0.3) is 0 Å². The molecule has 10 nitrogen and oxygen atoms in total. The van der Waals surface area contributed by atoms with Crippen molar-refractivity contribution in [2.24, 2.45) is 0 Å². The molecule has 1 saturated heterocycles. The number of fused-ring (bicyclic) bond motifs is 2. The monoisotopic (exact) mass is 456 g/mol. The topological polar surface area (TPSA) is 104 Å². The van der Waals surface area contributed by atoms with Crippen LogP contribution in [0.5, 0.6) is 11.5 Å². The predicted molar refractivity (Wildman–Crippen MR) is 126 cm³/mol. The molecule has 10 heteroatoms. The molecule has 1 N–H and O–H groups in total. The van der Waals surface area contributed by atoms with Crippen molar-refractivity contribution in [2.45, 2.75) is 25.5 Å². The van der Waals surface area contributed by atoms with E-state index in [2.05, 4.69) is 36.5 Å². The molecule has 0 saturated carbocycles. The van der Waals surface area contributed by atoms with E-state index >= 15 is 0 Å². The molecule has 0 unspecified atom stereocenters. The van der Waals surface area contributed by atoms with Crippen LogP contribution < -0.4 is 14.8 Å². The molecule has 0 spiro atoms. The van der Waals surface area contributed by atoms with E-state index in [1.54, 1.807) is 17.8 Å². The second-order valence-corrected chi connectivity index (χ2v) is 8.28. The Morgan fingerprint density at radius 1 is 1.09 bits per heavy atom. The lowest BCUT2D eigenvalue weighted by atomic mass is 10.1. The van der Waals surface area contributed by atoms with E-state index < -0.39 is 0 Å². The van der Waals surface area contributed by atoms with E-state index in [1.165, 1.54) is 0 Å². The summed E-state index contributed by atoms with van der Waals surface area (Å²) >= 11 is 0. The van der Waals surface area contributed by atoms with Gasteiger partial charge in [-0.2, -0.15) is 14.7 Å². The average molecular weight is 457 g/mol. The number of piperidine rings is 1. The van der Waals surface area contributed by atoms with Crippen LogP contribution in [0.3, 0.4) is 0 Å². The summed E-state index contributed by atoms with van der Waals surface area (Å²) in [7, 11) is 1.64. The van der Waals surface area contributed by atoms with E-state index in [1.807, 2.05) is 42.6 Å². The molecule has 0 bridgehead atoms. The zero-order valence-electron chi connectivity index (χ0n) is 18.8. The van der Waals surface area contributed by atoms with Crippen LogP contribution in [0.4, 0.5) is 0 Å². The number of pyridine rings is 1. The third-order valence-corrected chi connectivity index (χ3v) is 6.17. The van der Waals surface area contributed by atoms with Crippen molar-refractivity contribution >= 4 is 16.6 Å². The minimum atomic E-state index is 0.219. The Morgan fingerprint density at radius 3 is 2.88 bits per heavy atom. The van der Waals surface area contributed by atoms with E-state index in [9.17, 15) is 0 Å². The fraction of sp³-hybridized carbons (Fsp3) is 0.292. The molecule has 34 heavy (non-hydrogen) atoms. The first-order chi connectivity index (χ1) is 16.8. The molecule has 1 aliphatic rings. The van der Waals surface area contributed by atoms with E-state index in [0.29, 0.717) is 23.3 Å². The number of hydrogen-bond donors (Lipinski definition) is 1. The van der Waals surface area contributed by atoms with Crippen molar-refractivity contribution < 1.29 is 9.47 Å². The summed E-state index contributed by atoms with van der Waals surface area (Å²) in [6, 6.07) is 11.8. The molecule has 6 rings (SSSR count). The Balaban J connectivity index is 1.25. The highest BCUT2D eigenvalue weighted by Gasteiger charge is 2.17. The summed E-state index contributed by atoms with van der Waals surface area (Å²) in [5.41, 5.74) is 3.25. The molecule has 0 aliphatic carbocycles. The average Bonchev–Trinajstić information content (AvgIpc) is 3.55. The highest BCUT2D eigenvalue weighted by atomic mass is 16.5. The highest BCUT2D eigenvalue weighted by molar-refractivity contribution is 5.85. The van der Waals surface area contributed by atoms with Crippen molar-refractivity contribution in [3.05, 3.63) is 60.8 Å². The number of nitrogens with one attached hydrogen (secondary N) is 1. The van der Waals surface area contributed by atoms with Gasteiger partial charge in [-0.3, -0.25) is 9.67 Å². The number of hydrogen-bond acceptors (Lipinski definition) is 8. The maximum Gasteiger partial charge on any atom is 0.192 e. The van der Waals surface area contributed by atoms with Gasteiger partial charge >= 0.3 is 0 Å². The van der Waals surface area contributed by atoms with Crippen LogP contribution in [-0.2, 0) is 6.61 Å². The van der Waals surface area contributed by atoms with Crippen molar-refractivity contribution in [3.8, 4) is 22.8 Å². The fourth-order valence-electron chi connectivity index (χ4n) is 4.32. The number of rotatable bonds is 6. The quantitative estimate of drug-likeness (QED) is 0.416. The smallest absolute Gasteiger partial charge is 0.192 e. The number of ether oxygens (including phenoxy) is 2. The molecule has 0 radical (unpaired) electrons. The summed E-state index contributed by atoms with van der Waals surface area (Å²) in [5, 5.41) is 22.2. The minimum Gasteiger partial charge on any atom is -0.497 e. The molecule has 5 heterocycles. The number of methoxy groups -OCH3 is 1. The summed E-state index contributed by atoms with van der Waals surface area (Å²) < 4.78 is 15.2. The summed E-state index contributed by atoms with van der Waals surface area (Å²) in [5.74, 6) is 2.07. The van der Waals surface area contributed by atoms with Crippen LogP contribution in [0, 0.1) is 0 Å². The number of nitrogens with zero attached hydrogens (tertiary/aromatic N) is 7. The fourth-order valence-corrected chi connectivity index (χ4v) is 4.32. The molecule has 1 aliphatic heterocycles. The predicted octanol–water partition coefficient (Wildman–Crippen LogP) is 3.05. The van der Waals surface area contributed by atoms with Gasteiger partial charge in [-0.15, -0.1) is 10.2 Å². The van der Waals surface area contributed by atoms with E-state index in [-0.39, 0.29) is 6.61 Å². The Hall–Kier alpha value is -4.05. The first kappa shape index (κ1) is 20.5. The van der Waals surface area contributed by atoms with Gasteiger partial charge in [0.15, 0.2) is 11.5 Å². The van der Waals surface area contributed by atoms with Crippen LogP contribution in [0.1, 0.15) is 24.7 Å². The third kappa shape index (κ3) is 3.81. The van der Waals surface area contributed by atoms with Crippen LogP contribution in [-0.4, -0.2) is 54.8 Å². The molecular formula is C24H24N8O2. The van der Waals surface area contributed by atoms with Gasteiger partial charge in [0.1, 0.15) is 18.1 Å². The maximum atomic E-state index is 6.11. The van der Waals surface area contributed by atoms with Gasteiger partial charge in [0.2, 0.25) is 0 Å². The summed E-state index contributed by atoms with van der Waals surface area (Å²) in [4.78, 5) is 4.41. The lowest BCUT2D eigenvalue weighted by molar-refractivity contribution is 0.296. The van der Waals surface area contributed by atoms with Crippen LogP contribution in [0.2, 0.25) is 0 Å². The van der Waals surface area contributed by atoms with Crippen molar-refractivity contribution in [3.63, 3.8) is 0 Å². The molecule has 0 amide bonds. The Labute approximate surface area is 195 Å². The largest absolute Gasteiger partial charge is 0.497 e. The van der Waals surface area contributed by atoms with Gasteiger partial charge in [-0.05, 0) is 56.3 Å². The Kier molecular flexibility index (Phi) is 5.27. The van der Waals surface area contributed by atoms with E-state index in [4.69, 9.17) is 14.6 Å². The SMILES string of the molecule is COc1ccc2c(OCc3nnc4ccc(-c5cnn(C6CCNCC6)c5)nn34)ccnc2c1. The number of aromatic nitrogens is 7. The van der Waals surface area contributed by atoms with Crippen molar-refractivity contribution in [1.82, 2.24) is 39.9 Å². The van der Waals surface area contributed by atoms with Crippen LogP contribution >= 0.6 is 0 Å². The van der Waals surface area contributed by atoms with Crippen molar-refractivity contribution in [2.75, 3.05) is 20.2 Å². The molecular weight excluding hydrogens is 432 g/mol. The lowest BCUT2D eigenvalue weighted by Crippen LogP contribution is -2.29. The van der Waals surface area contributed by atoms with Gasteiger partial charge in [0, 0.05) is 29.4 Å². The van der Waals surface area contributed by atoms with Gasteiger partial charge in [-0.1, -0.05) is 0 Å². The summed E-state index contributed by atoms with van der Waals surface area (Å²) in [6.07, 6.45) is 7.82. The summed E-state index contributed by atoms with van der Waals surface area (Å²) in [6.45, 7) is 2.26. The normalized spacial score (nSPS) is 14.6. The Morgan fingerprint density at radius 2 is 2.00 bits per heavy atom. The van der Waals surface area contributed by atoms with Crippen LogP contribution in [0.15, 0.2) is 55.0 Å². The molecule has 5 aromatic rings. The molecule has 1 fully saturated rings.